The molecule has 0 aromatic heterocycles. The van der Waals surface area contributed by atoms with Gasteiger partial charge in [-0.05, 0) is 43.1 Å². The lowest BCUT2D eigenvalue weighted by atomic mass is 9.91. The highest BCUT2D eigenvalue weighted by molar-refractivity contribution is 6.74. The standard InChI is InChI=1S/C23H34F6N2O3Si/c1-20(2,3)35(6,7)34-21(22(24,25)26,23(27,28)29)17-8-10-18(11-9-17)31-14-12-16(13-15-31)19(32)30(4)33-5/h8-11,16H,12-15H2,1-7H3. The van der Waals surface area contributed by atoms with E-state index in [-0.39, 0.29) is 11.8 Å². The fourth-order valence-corrected chi connectivity index (χ4v) is 5.26. The summed E-state index contributed by atoms with van der Waals surface area (Å²) in [5.74, 6) is -0.443. The molecule has 1 fully saturated rings. The maximum absolute atomic E-state index is 14.3. The number of rotatable bonds is 6. The SMILES string of the molecule is CON(C)C(=O)C1CCN(c2ccc(C(O[Si](C)(C)C(C)(C)C)(C(F)(F)F)C(F)(F)F)cc2)CC1. The number of carbonyl (C=O) groups is 1. The zero-order valence-corrected chi connectivity index (χ0v) is 22.1. The van der Waals surface area contributed by atoms with Crippen LogP contribution in [0.3, 0.4) is 0 Å². The molecule has 0 spiro atoms. The van der Waals surface area contributed by atoms with E-state index in [1.54, 1.807) is 20.8 Å². The second kappa shape index (κ2) is 9.93. The van der Waals surface area contributed by atoms with Gasteiger partial charge in [0.2, 0.25) is 5.91 Å². The van der Waals surface area contributed by atoms with Crippen LogP contribution in [0.1, 0.15) is 39.2 Å². The number of anilines is 1. The molecule has 0 saturated carbocycles. The maximum atomic E-state index is 14.3. The summed E-state index contributed by atoms with van der Waals surface area (Å²) < 4.78 is 90.8. The summed E-state index contributed by atoms with van der Waals surface area (Å²) >= 11 is 0. The fraction of sp³-hybridized carbons (Fsp3) is 0.696. The molecule has 5 nitrogen and oxygen atoms in total. The number of benzene rings is 1. The summed E-state index contributed by atoms with van der Waals surface area (Å²) in [5.41, 5.74) is -4.96. The maximum Gasteiger partial charge on any atom is 0.429 e. The van der Waals surface area contributed by atoms with E-state index >= 15 is 0 Å². The Morgan fingerprint density at radius 3 is 1.80 bits per heavy atom. The molecule has 0 atom stereocenters. The van der Waals surface area contributed by atoms with Gasteiger partial charge in [0.25, 0.3) is 5.60 Å². The van der Waals surface area contributed by atoms with E-state index in [1.807, 2.05) is 4.90 Å². The zero-order valence-electron chi connectivity index (χ0n) is 21.1. The van der Waals surface area contributed by atoms with Crippen LogP contribution in [0.4, 0.5) is 32.0 Å². The Morgan fingerprint density at radius 1 is 0.971 bits per heavy atom. The summed E-state index contributed by atoms with van der Waals surface area (Å²) in [7, 11) is -0.629. The van der Waals surface area contributed by atoms with Crippen LogP contribution in [0.5, 0.6) is 0 Å². The molecular formula is C23H34F6N2O3Si. The number of alkyl halides is 6. The van der Waals surface area contributed by atoms with Crippen LogP contribution in [0, 0.1) is 5.92 Å². The highest BCUT2D eigenvalue weighted by Gasteiger charge is 2.75. The number of piperidine rings is 1. The molecule has 2 rings (SSSR count). The Hall–Kier alpha value is -1.79. The number of carbonyl (C=O) groups excluding carboxylic acids is 1. The van der Waals surface area contributed by atoms with Crippen molar-refractivity contribution in [3.63, 3.8) is 0 Å². The van der Waals surface area contributed by atoms with Crippen LogP contribution in [0.25, 0.3) is 0 Å². The van der Waals surface area contributed by atoms with Gasteiger partial charge in [0.05, 0.1) is 7.11 Å². The quantitative estimate of drug-likeness (QED) is 0.248. The number of nitrogens with zero attached hydrogens (tertiary/aromatic N) is 2. The minimum absolute atomic E-state index is 0.176. The lowest BCUT2D eigenvalue weighted by Crippen LogP contribution is -2.62. The third kappa shape index (κ3) is 5.80. The Morgan fingerprint density at radius 2 is 1.43 bits per heavy atom. The second-order valence-electron chi connectivity index (χ2n) is 10.4. The first kappa shape index (κ1) is 29.4. The van der Waals surface area contributed by atoms with E-state index < -0.39 is 36.9 Å². The summed E-state index contributed by atoms with van der Waals surface area (Å²) in [6.07, 6.45) is -10.5. The lowest BCUT2D eigenvalue weighted by molar-refractivity contribution is -0.369. The Bertz CT molecular complexity index is 859. The first-order valence-electron chi connectivity index (χ1n) is 11.3. The van der Waals surface area contributed by atoms with Gasteiger partial charge >= 0.3 is 12.4 Å². The average molecular weight is 529 g/mol. The van der Waals surface area contributed by atoms with Crippen molar-refractivity contribution in [3.8, 4) is 0 Å². The molecule has 0 radical (unpaired) electrons. The number of amides is 1. The average Bonchev–Trinajstić information content (AvgIpc) is 2.74. The van der Waals surface area contributed by atoms with Gasteiger partial charge in [-0.25, -0.2) is 5.06 Å². The first-order valence-corrected chi connectivity index (χ1v) is 14.2. The smallest absolute Gasteiger partial charge is 0.393 e. The topological polar surface area (TPSA) is 42.0 Å². The van der Waals surface area contributed by atoms with Gasteiger partial charge in [-0.3, -0.25) is 9.63 Å². The van der Waals surface area contributed by atoms with Gasteiger partial charge in [0.1, 0.15) is 0 Å². The van der Waals surface area contributed by atoms with Gasteiger partial charge in [0.15, 0.2) is 8.32 Å². The second-order valence-corrected chi connectivity index (χ2v) is 15.1. The van der Waals surface area contributed by atoms with Gasteiger partial charge in [-0.15, -0.1) is 0 Å². The van der Waals surface area contributed by atoms with Crippen LogP contribution in [-0.2, 0) is 19.7 Å². The molecule has 0 unspecified atom stereocenters. The van der Waals surface area contributed by atoms with Crippen molar-refractivity contribution in [1.82, 2.24) is 5.06 Å². The number of hydroxylamine groups is 2. The van der Waals surface area contributed by atoms with Crippen LogP contribution in [0.15, 0.2) is 24.3 Å². The molecule has 1 amide bonds. The van der Waals surface area contributed by atoms with Crippen LogP contribution >= 0.6 is 0 Å². The molecule has 1 aliphatic rings. The number of halogens is 6. The predicted molar refractivity (Wildman–Crippen MR) is 123 cm³/mol. The zero-order chi connectivity index (χ0) is 27.0. The van der Waals surface area contributed by atoms with Crippen molar-refractivity contribution < 1.29 is 40.4 Å². The number of hydrogen-bond acceptors (Lipinski definition) is 4. The summed E-state index contributed by atoms with van der Waals surface area (Å²) in [4.78, 5) is 19.0. The Kier molecular flexibility index (Phi) is 8.35. The molecule has 1 heterocycles. The van der Waals surface area contributed by atoms with Crippen LogP contribution in [-0.4, -0.2) is 58.9 Å². The molecular weight excluding hydrogens is 494 g/mol. The molecule has 12 heteroatoms. The molecule has 1 aromatic carbocycles. The predicted octanol–water partition coefficient (Wildman–Crippen LogP) is 6.26. The van der Waals surface area contributed by atoms with E-state index in [2.05, 4.69) is 0 Å². The van der Waals surface area contributed by atoms with Gasteiger partial charge in [-0.2, -0.15) is 26.3 Å². The van der Waals surface area contributed by atoms with E-state index in [4.69, 9.17) is 9.26 Å². The van der Waals surface area contributed by atoms with Crippen LogP contribution in [0.2, 0.25) is 18.1 Å². The van der Waals surface area contributed by atoms with Crippen molar-refractivity contribution in [2.75, 3.05) is 32.1 Å². The van der Waals surface area contributed by atoms with Gasteiger partial charge in [0, 0.05) is 37.3 Å². The molecule has 200 valence electrons. The van der Waals surface area contributed by atoms with Crippen molar-refractivity contribution >= 4 is 19.9 Å². The molecule has 1 aromatic rings. The molecule has 1 aliphatic heterocycles. The van der Waals surface area contributed by atoms with Crippen molar-refractivity contribution in [2.24, 2.45) is 5.92 Å². The first-order chi connectivity index (χ1) is 15.8. The highest BCUT2D eigenvalue weighted by atomic mass is 28.4. The summed E-state index contributed by atoms with van der Waals surface area (Å²) in [6, 6.07) is 4.19. The van der Waals surface area contributed by atoms with E-state index in [9.17, 15) is 31.1 Å². The molecule has 0 bridgehead atoms. The molecule has 0 aliphatic carbocycles. The normalized spacial score (nSPS) is 17.0. The van der Waals surface area contributed by atoms with E-state index in [1.165, 1.54) is 39.4 Å². The Labute approximate surface area is 203 Å². The van der Waals surface area contributed by atoms with Crippen LogP contribution < -0.4 is 4.90 Å². The fourth-order valence-electron chi connectivity index (χ4n) is 3.84. The minimum atomic E-state index is -5.73. The van der Waals surface area contributed by atoms with Crippen molar-refractivity contribution in [3.05, 3.63) is 29.8 Å². The molecule has 0 N–H and O–H groups in total. The van der Waals surface area contributed by atoms with Gasteiger partial charge in [-0.1, -0.05) is 32.9 Å². The third-order valence-electron chi connectivity index (χ3n) is 7.08. The molecule has 35 heavy (non-hydrogen) atoms. The third-order valence-corrected chi connectivity index (χ3v) is 11.5. The largest absolute Gasteiger partial charge is 0.429 e. The highest BCUT2D eigenvalue weighted by Crippen LogP contribution is 2.56. The monoisotopic (exact) mass is 528 g/mol. The van der Waals surface area contributed by atoms with E-state index in [0.29, 0.717) is 31.6 Å². The Balaban J connectivity index is 2.39. The molecule has 1 saturated heterocycles. The van der Waals surface area contributed by atoms with Gasteiger partial charge < -0.3 is 9.33 Å². The number of hydrogen-bond donors (Lipinski definition) is 0. The lowest BCUT2D eigenvalue weighted by Gasteiger charge is -2.47. The minimum Gasteiger partial charge on any atom is -0.393 e. The summed E-state index contributed by atoms with van der Waals surface area (Å²) in [6.45, 7) is 8.32. The van der Waals surface area contributed by atoms with E-state index in [0.717, 1.165) is 17.2 Å². The van der Waals surface area contributed by atoms with Crippen molar-refractivity contribution in [2.45, 2.75) is 69.7 Å². The van der Waals surface area contributed by atoms with Crippen molar-refractivity contribution in [1.29, 1.82) is 0 Å². The summed E-state index contributed by atoms with van der Waals surface area (Å²) in [5, 5.41) is 0.263.